The van der Waals surface area contributed by atoms with E-state index in [0.717, 1.165) is 10.0 Å². The molecule has 3 aromatic carbocycles. The van der Waals surface area contributed by atoms with Gasteiger partial charge in [0, 0.05) is 4.47 Å². The zero-order chi connectivity index (χ0) is 13.0. The van der Waals surface area contributed by atoms with E-state index >= 15 is 0 Å². The minimum Gasteiger partial charge on any atom is -0.0905 e. The van der Waals surface area contributed by atoms with Crippen molar-refractivity contribution in [2.24, 2.45) is 0 Å². The molecular formula is C18H11Br. The smallest absolute Gasteiger partial charge is 0.0181 e. The molecule has 0 atom stereocenters. The average molecular weight is 307 g/mol. The fourth-order valence-corrected chi connectivity index (χ4v) is 3.22. The maximum atomic E-state index is 4.26. The minimum absolute atomic E-state index is 1.10. The summed E-state index contributed by atoms with van der Waals surface area (Å²) in [5.41, 5.74) is 6.20. The highest BCUT2D eigenvalue weighted by Crippen LogP contribution is 2.45. The summed E-state index contributed by atoms with van der Waals surface area (Å²) >= 11 is 3.54. The van der Waals surface area contributed by atoms with Crippen molar-refractivity contribution in [1.29, 1.82) is 0 Å². The van der Waals surface area contributed by atoms with Crippen LogP contribution in [-0.4, -0.2) is 0 Å². The number of fused-ring (bicyclic) bond motifs is 4. The summed E-state index contributed by atoms with van der Waals surface area (Å²) in [5.74, 6) is 0. The number of hydrogen-bond donors (Lipinski definition) is 0. The van der Waals surface area contributed by atoms with E-state index < -0.39 is 0 Å². The lowest BCUT2D eigenvalue weighted by atomic mass is 10.00. The first kappa shape index (κ1) is 11.0. The van der Waals surface area contributed by atoms with Crippen LogP contribution in [0.3, 0.4) is 0 Å². The molecular weight excluding hydrogens is 296 g/mol. The van der Waals surface area contributed by atoms with Crippen LogP contribution in [0, 0.1) is 0 Å². The normalized spacial score (nSPS) is 12.6. The summed E-state index contributed by atoms with van der Waals surface area (Å²) in [6, 6.07) is 19.4. The molecule has 0 aromatic heterocycles. The van der Waals surface area contributed by atoms with Crippen LogP contribution in [0.15, 0.2) is 65.6 Å². The van der Waals surface area contributed by atoms with Crippen LogP contribution in [0.4, 0.5) is 0 Å². The van der Waals surface area contributed by atoms with E-state index in [1.807, 2.05) is 0 Å². The molecule has 19 heavy (non-hydrogen) atoms. The lowest BCUT2D eigenvalue weighted by Crippen LogP contribution is -1.80. The fourth-order valence-electron chi connectivity index (χ4n) is 2.86. The molecule has 0 radical (unpaired) electrons. The van der Waals surface area contributed by atoms with Crippen LogP contribution >= 0.6 is 15.9 Å². The Kier molecular flexibility index (Phi) is 2.21. The summed E-state index contributed by atoms with van der Waals surface area (Å²) < 4.78 is 1.10. The van der Waals surface area contributed by atoms with E-state index in [2.05, 4.69) is 77.1 Å². The summed E-state index contributed by atoms with van der Waals surface area (Å²) in [6.07, 6.45) is 0. The van der Waals surface area contributed by atoms with Gasteiger partial charge in [0.25, 0.3) is 0 Å². The Morgan fingerprint density at radius 3 is 2.05 bits per heavy atom. The van der Waals surface area contributed by atoms with Gasteiger partial charge in [-0.15, -0.1) is 0 Å². The molecule has 4 rings (SSSR count). The van der Waals surface area contributed by atoms with Crippen molar-refractivity contribution in [1.82, 2.24) is 0 Å². The molecule has 0 nitrogen and oxygen atoms in total. The third-order valence-electron chi connectivity index (χ3n) is 3.81. The van der Waals surface area contributed by atoms with Crippen molar-refractivity contribution in [3.63, 3.8) is 0 Å². The SMILES string of the molecule is C=C1c2cc(Br)ccc2-c2cc3ccccc3cc21. The van der Waals surface area contributed by atoms with E-state index in [4.69, 9.17) is 0 Å². The molecule has 0 aliphatic heterocycles. The van der Waals surface area contributed by atoms with Crippen molar-refractivity contribution < 1.29 is 0 Å². The Morgan fingerprint density at radius 1 is 0.684 bits per heavy atom. The molecule has 0 saturated carbocycles. The zero-order valence-corrected chi connectivity index (χ0v) is 11.9. The van der Waals surface area contributed by atoms with Crippen molar-refractivity contribution in [3.8, 4) is 11.1 Å². The Bertz CT molecular complexity index is 843. The maximum Gasteiger partial charge on any atom is 0.0181 e. The quantitative estimate of drug-likeness (QED) is 0.394. The van der Waals surface area contributed by atoms with E-state index in [0.29, 0.717) is 0 Å². The highest BCUT2D eigenvalue weighted by molar-refractivity contribution is 9.10. The lowest BCUT2D eigenvalue weighted by molar-refractivity contribution is 1.61. The minimum atomic E-state index is 1.10. The summed E-state index contributed by atoms with van der Waals surface area (Å²) in [6.45, 7) is 4.26. The van der Waals surface area contributed by atoms with Gasteiger partial charge < -0.3 is 0 Å². The molecule has 0 amide bonds. The van der Waals surface area contributed by atoms with Crippen LogP contribution in [0.2, 0.25) is 0 Å². The van der Waals surface area contributed by atoms with Crippen LogP contribution in [0.5, 0.6) is 0 Å². The fraction of sp³-hybridized carbons (Fsp3) is 0. The van der Waals surface area contributed by atoms with E-state index in [1.54, 1.807) is 0 Å². The topological polar surface area (TPSA) is 0 Å². The predicted octanol–water partition coefficient (Wildman–Crippen LogP) is 5.64. The third kappa shape index (κ3) is 1.52. The first-order valence-corrected chi connectivity index (χ1v) is 7.06. The third-order valence-corrected chi connectivity index (χ3v) is 4.30. The van der Waals surface area contributed by atoms with Crippen molar-refractivity contribution in [2.75, 3.05) is 0 Å². The molecule has 1 heteroatoms. The Balaban J connectivity index is 2.10. The van der Waals surface area contributed by atoms with Crippen LogP contribution in [-0.2, 0) is 0 Å². The maximum absolute atomic E-state index is 4.26. The van der Waals surface area contributed by atoms with Crippen LogP contribution in [0.1, 0.15) is 11.1 Å². The molecule has 3 aromatic rings. The average Bonchev–Trinajstić information content (AvgIpc) is 2.69. The zero-order valence-electron chi connectivity index (χ0n) is 10.3. The second kappa shape index (κ2) is 3.82. The van der Waals surface area contributed by atoms with Gasteiger partial charge in [0.2, 0.25) is 0 Å². The summed E-state index contributed by atoms with van der Waals surface area (Å²) in [7, 11) is 0. The Hall–Kier alpha value is -1.86. The molecule has 0 heterocycles. The largest absolute Gasteiger partial charge is 0.0905 e. The molecule has 0 bridgehead atoms. The Morgan fingerprint density at radius 2 is 1.32 bits per heavy atom. The van der Waals surface area contributed by atoms with Gasteiger partial charge in [-0.3, -0.25) is 0 Å². The van der Waals surface area contributed by atoms with E-state index in [9.17, 15) is 0 Å². The molecule has 0 fully saturated rings. The van der Waals surface area contributed by atoms with Gasteiger partial charge in [0.05, 0.1) is 0 Å². The number of benzene rings is 3. The van der Waals surface area contributed by atoms with Gasteiger partial charge >= 0.3 is 0 Å². The molecule has 0 N–H and O–H groups in total. The van der Waals surface area contributed by atoms with E-state index in [1.165, 1.54) is 33.0 Å². The highest BCUT2D eigenvalue weighted by atomic mass is 79.9. The second-order valence-corrected chi connectivity index (χ2v) is 5.83. The second-order valence-electron chi connectivity index (χ2n) is 4.91. The van der Waals surface area contributed by atoms with Gasteiger partial charge in [-0.2, -0.15) is 0 Å². The lowest BCUT2D eigenvalue weighted by Gasteiger charge is -2.04. The van der Waals surface area contributed by atoms with Gasteiger partial charge in [-0.25, -0.2) is 0 Å². The highest BCUT2D eigenvalue weighted by Gasteiger charge is 2.22. The molecule has 0 spiro atoms. The number of hydrogen-bond acceptors (Lipinski definition) is 0. The first-order chi connectivity index (χ1) is 9.24. The van der Waals surface area contributed by atoms with Crippen molar-refractivity contribution in [2.45, 2.75) is 0 Å². The number of rotatable bonds is 0. The molecule has 0 saturated heterocycles. The monoisotopic (exact) mass is 306 g/mol. The predicted molar refractivity (Wildman–Crippen MR) is 85.2 cm³/mol. The summed E-state index contributed by atoms with van der Waals surface area (Å²) in [4.78, 5) is 0. The van der Waals surface area contributed by atoms with Crippen molar-refractivity contribution in [3.05, 3.63) is 76.8 Å². The van der Waals surface area contributed by atoms with Gasteiger partial charge in [0.15, 0.2) is 0 Å². The molecule has 90 valence electrons. The molecule has 1 aliphatic carbocycles. The standard InChI is InChI=1S/C18H11Br/c1-11-16-8-12-4-2-3-5-13(12)9-18(16)15-7-6-14(19)10-17(11)15/h2-10H,1H2. The van der Waals surface area contributed by atoms with Gasteiger partial charge in [-0.05, 0) is 62.9 Å². The van der Waals surface area contributed by atoms with Crippen LogP contribution < -0.4 is 0 Å². The first-order valence-electron chi connectivity index (χ1n) is 6.26. The number of halogens is 1. The van der Waals surface area contributed by atoms with Crippen LogP contribution in [0.25, 0.3) is 27.5 Å². The van der Waals surface area contributed by atoms with E-state index in [-0.39, 0.29) is 0 Å². The Labute approximate surface area is 120 Å². The van der Waals surface area contributed by atoms with Crippen molar-refractivity contribution >= 4 is 32.3 Å². The molecule has 0 unspecified atom stereocenters. The van der Waals surface area contributed by atoms with Gasteiger partial charge in [0.1, 0.15) is 0 Å². The van der Waals surface area contributed by atoms with Gasteiger partial charge in [-0.1, -0.05) is 52.8 Å². The molecule has 1 aliphatic rings. The summed E-state index contributed by atoms with van der Waals surface area (Å²) in [5, 5.41) is 2.55.